The van der Waals surface area contributed by atoms with Gasteiger partial charge in [0.15, 0.2) is 0 Å². The van der Waals surface area contributed by atoms with Crippen molar-refractivity contribution in [2.75, 3.05) is 6.54 Å². The molecule has 108 valence electrons. The zero-order valence-electron chi connectivity index (χ0n) is 11.3. The Morgan fingerprint density at radius 2 is 2.05 bits per heavy atom. The number of carbonyl (C=O) groups excluding carboxylic acids is 1. The maximum atomic E-state index is 12.0. The maximum absolute atomic E-state index is 12.0. The van der Waals surface area contributed by atoms with Crippen LogP contribution in [0.3, 0.4) is 0 Å². The van der Waals surface area contributed by atoms with Gasteiger partial charge in [0.1, 0.15) is 6.61 Å². The second-order valence-corrected chi connectivity index (χ2v) is 4.96. The molecule has 0 saturated carbocycles. The lowest BCUT2D eigenvalue weighted by molar-refractivity contribution is -0.137. The number of aliphatic carboxylic acids is 1. The topological polar surface area (TPSA) is 66.8 Å². The molecule has 1 heterocycles. The van der Waals surface area contributed by atoms with Crippen molar-refractivity contribution in [3.63, 3.8) is 0 Å². The highest BCUT2D eigenvalue weighted by Crippen LogP contribution is 2.22. The van der Waals surface area contributed by atoms with Crippen molar-refractivity contribution in [3.8, 4) is 0 Å². The molecular weight excluding hydrogens is 258 g/mol. The van der Waals surface area contributed by atoms with Gasteiger partial charge >= 0.3 is 12.1 Å². The minimum atomic E-state index is -0.825. The van der Waals surface area contributed by atoms with Crippen LogP contribution in [0.25, 0.3) is 0 Å². The number of hydrogen-bond acceptors (Lipinski definition) is 3. The number of amides is 1. The summed E-state index contributed by atoms with van der Waals surface area (Å²) in [5, 5.41) is 8.72. The van der Waals surface area contributed by atoms with Crippen LogP contribution < -0.4 is 0 Å². The van der Waals surface area contributed by atoms with Gasteiger partial charge in [-0.1, -0.05) is 30.3 Å². The third-order valence-electron chi connectivity index (χ3n) is 3.51. The van der Waals surface area contributed by atoms with E-state index in [-0.39, 0.29) is 25.2 Å². The van der Waals surface area contributed by atoms with E-state index in [0.717, 1.165) is 18.4 Å². The average Bonchev–Trinajstić information content (AvgIpc) is 2.92. The molecule has 0 radical (unpaired) electrons. The van der Waals surface area contributed by atoms with Gasteiger partial charge in [-0.15, -0.1) is 0 Å². The van der Waals surface area contributed by atoms with Crippen molar-refractivity contribution in [2.24, 2.45) is 0 Å². The third-order valence-corrected chi connectivity index (χ3v) is 3.51. The van der Waals surface area contributed by atoms with Crippen molar-refractivity contribution >= 4 is 12.1 Å². The zero-order chi connectivity index (χ0) is 14.4. The van der Waals surface area contributed by atoms with Crippen molar-refractivity contribution in [3.05, 3.63) is 35.9 Å². The Kier molecular flexibility index (Phi) is 4.98. The fraction of sp³-hybridized carbons (Fsp3) is 0.467. The normalized spacial score (nSPS) is 18.0. The summed E-state index contributed by atoms with van der Waals surface area (Å²) >= 11 is 0. The smallest absolute Gasteiger partial charge is 0.410 e. The molecule has 1 atom stereocenters. The van der Waals surface area contributed by atoms with Gasteiger partial charge < -0.3 is 14.7 Å². The summed E-state index contributed by atoms with van der Waals surface area (Å²) in [4.78, 5) is 24.3. The van der Waals surface area contributed by atoms with Gasteiger partial charge in [-0.2, -0.15) is 0 Å². The number of benzene rings is 1. The lowest BCUT2D eigenvalue weighted by atomic mass is 10.1. The summed E-state index contributed by atoms with van der Waals surface area (Å²) in [6, 6.07) is 9.50. The first-order chi connectivity index (χ1) is 9.66. The fourth-order valence-electron chi connectivity index (χ4n) is 2.47. The minimum absolute atomic E-state index is 0.00521. The van der Waals surface area contributed by atoms with Crippen LogP contribution in [0.4, 0.5) is 4.79 Å². The molecule has 20 heavy (non-hydrogen) atoms. The molecule has 1 aromatic rings. The van der Waals surface area contributed by atoms with Crippen LogP contribution in [0.1, 0.15) is 31.2 Å². The number of carboxylic acid groups (broad SMARTS) is 1. The molecule has 1 N–H and O–H groups in total. The number of nitrogens with zero attached hydrogens (tertiary/aromatic N) is 1. The highest BCUT2D eigenvalue weighted by atomic mass is 16.6. The van der Waals surface area contributed by atoms with E-state index in [4.69, 9.17) is 9.84 Å². The number of carbonyl (C=O) groups is 2. The number of carboxylic acids is 1. The van der Waals surface area contributed by atoms with Crippen LogP contribution in [0, 0.1) is 0 Å². The van der Waals surface area contributed by atoms with Crippen LogP contribution in [-0.2, 0) is 16.1 Å². The molecule has 0 spiro atoms. The zero-order valence-corrected chi connectivity index (χ0v) is 11.3. The van der Waals surface area contributed by atoms with E-state index < -0.39 is 5.97 Å². The maximum Gasteiger partial charge on any atom is 0.410 e. The molecule has 0 aliphatic carbocycles. The summed E-state index contributed by atoms with van der Waals surface area (Å²) in [5.41, 5.74) is 0.946. The molecule has 1 saturated heterocycles. The number of hydrogen-bond donors (Lipinski definition) is 1. The molecule has 1 amide bonds. The first-order valence-corrected chi connectivity index (χ1v) is 6.86. The van der Waals surface area contributed by atoms with Gasteiger partial charge in [0.25, 0.3) is 0 Å². The second kappa shape index (κ2) is 6.93. The highest BCUT2D eigenvalue weighted by Gasteiger charge is 2.29. The predicted molar refractivity (Wildman–Crippen MR) is 73.2 cm³/mol. The Hall–Kier alpha value is -2.04. The predicted octanol–water partition coefficient (Wildman–Crippen LogP) is 2.65. The molecule has 0 unspecified atom stereocenters. The Bertz CT molecular complexity index is 460. The fourth-order valence-corrected chi connectivity index (χ4v) is 2.47. The second-order valence-electron chi connectivity index (χ2n) is 4.96. The van der Waals surface area contributed by atoms with E-state index in [0.29, 0.717) is 13.0 Å². The molecule has 0 aromatic heterocycles. The van der Waals surface area contributed by atoms with E-state index in [1.165, 1.54) is 0 Å². The van der Waals surface area contributed by atoms with Crippen LogP contribution in [0.15, 0.2) is 30.3 Å². The first kappa shape index (κ1) is 14.4. The third kappa shape index (κ3) is 3.98. The van der Waals surface area contributed by atoms with Crippen molar-refractivity contribution in [1.29, 1.82) is 0 Å². The van der Waals surface area contributed by atoms with E-state index >= 15 is 0 Å². The van der Waals surface area contributed by atoms with Gasteiger partial charge in [0.05, 0.1) is 0 Å². The molecule has 0 bridgehead atoms. The lowest BCUT2D eigenvalue weighted by Crippen LogP contribution is -2.36. The van der Waals surface area contributed by atoms with Crippen LogP contribution in [0.2, 0.25) is 0 Å². The van der Waals surface area contributed by atoms with E-state index in [1.807, 2.05) is 30.3 Å². The molecule has 1 fully saturated rings. The summed E-state index contributed by atoms with van der Waals surface area (Å²) in [6.45, 7) is 0.903. The standard InChI is InChI=1S/C15H19NO4/c17-14(18)9-8-13-7-4-10-16(13)15(19)20-11-12-5-2-1-3-6-12/h1-3,5-6,13H,4,7-11H2,(H,17,18)/t13-/m1/s1. The lowest BCUT2D eigenvalue weighted by Gasteiger charge is -2.23. The van der Waals surface area contributed by atoms with Crippen LogP contribution in [0.5, 0.6) is 0 Å². The monoisotopic (exact) mass is 277 g/mol. The van der Waals surface area contributed by atoms with Crippen molar-refractivity contribution in [2.45, 2.75) is 38.3 Å². The summed E-state index contributed by atoms with van der Waals surface area (Å²) in [6.07, 6.45) is 2.00. The molecule has 5 nitrogen and oxygen atoms in total. The number of ether oxygens (including phenoxy) is 1. The SMILES string of the molecule is O=C(O)CC[C@H]1CCCN1C(=O)OCc1ccccc1. The summed E-state index contributed by atoms with van der Waals surface area (Å²) in [5.74, 6) is -0.825. The Labute approximate surface area is 118 Å². The highest BCUT2D eigenvalue weighted by molar-refractivity contribution is 5.69. The molecule has 1 aliphatic heterocycles. The van der Waals surface area contributed by atoms with E-state index in [1.54, 1.807) is 4.90 Å². The van der Waals surface area contributed by atoms with Gasteiger partial charge in [-0.25, -0.2) is 4.79 Å². The van der Waals surface area contributed by atoms with E-state index in [2.05, 4.69) is 0 Å². The molecular formula is C15H19NO4. The first-order valence-electron chi connectivity index (χ1n) is 6.86. The Morgan fingerprint density at radius 3 is 2.75 bits per heavy atom. The van der Waals surface area contributed by atoms with Gasteiger partial charge in [0, 0.05) is 19.0 Å². The van der Waals surface area contributed by atoms with E-state index in [9.17, 15) is 9.59 Å². The van der Waals surface area contributed by atoms with Gasteiger partial charge in [-0.05, 0) is 24.8 Å². The number of rotatable bonds is 5. The van der Waals surface area contributed by atoms with Crippen molar-refractivity contribution < 1.29 is 19.4 Å². The summed E-state index contributed by atoms with van der Waals surface area (Å²) in [7, 11) is 0. The quantitative estimate of drug-likeness (QED) is 0.898. The van der Waals surface area contributed by atoms with Gasteiger partial charge in [0.2, 0.25) is 0 Å². The van der Waals surface area contributed by atoms with Gasteiger partial charge in [-0.3, -0.25) is 4.79 Å². The number of likely N-dealkylation sites (tertiary alicyclic amines) is 1. The largest absolute Gasteiger partial charge is 0.481 e. The molecule has 2 rings (SSSR count). The Balaban J connectivity index is 1.83. The van der Waals surface area contributed by atoms with Crippen LogP contribution in [-0.4, -0.2) is 34.7 Å². The Morgan fingerprint density at radius 1 is 1.30 bits per heavy atom. The average molecular weight is 277 g/mol. The minimum Gasteiger partial charge on any atom is -0.481 e. The van der Waals surface area contributed by atoms with Crippen LogP contribution >= 0.6 is 0 Å². The molecule has 5 heteroatoms. The molecule has 1 aliphatic rings. The van der Waals surface area contributed by atoms with Crippen molar-refractivity contribution in [1.82, 2.24) is 4.90 Å². The molecule has 1 aromatic carbocycles. The summed E-state index contributed by atoms with van der Waals surface area (Å²) < 4.78 is 5.29.